The number of hydrogen-bond acceptors (Lipinski definition) is 6. The molecule has 0 fully saturated rings. The van der Waals surface area contributed by atoms with Crippen LogP contribution in [0.3, 0.4) is 0 Å². The molecule has 24 heavy (non-hydrogen) atoms. The molecule has 3 aromatic rings. The molecule has 1 aliphatic rings. The number of aromatic nitrogens is 4. The van der Waals surface area contributed by atoms with Crippen LogP contribution in [-0.2, 0) is 24.4 Å². The molecule has 4 rings (SSSR count). The van der Waals surface area contributed by atoms with Crippen molar-refractivity contribution in [2.45, 2.75) is 25.7 Å². The summed E-state index contributed by atoms with van der Waals surface area (Å²) in [6, 6.07) is 6.15. The minimum absolute atomic E-state index is 0.264. The smallest absolute Gasteiger partial charge is 0.107 e. The van der Waals surface area contributed by atoms with Gasteiger partial charge in [-0.2, -0.15) is 0 Å². The summed E-state index contributed by atoms with van der Waals surface area (Å²) in [7, 11) is 0. The molecule has 0 saturated heterocycles. The normalized spacial score (nSPS) is 17.8. The van der Waals surface area contributed by atoms with Crippen molar-refractivity contribution in [2.75, 3.05) is 13.2 Å². The van der Waals surface area contributed by atoms with Gasteiger partial charge in [0.15, 0.2) is 0 Å². The Morgan fingerprint density at radius 1 is 1.25 bits per heavy atom. The average molecular weight is 341 g/mol. The van der Waals surface area contributed by atoms with E-state index in [1.54, 1.807) is 17.5 Å². The second-order valence-corrected chi connectivity index (χ2v) is 6.86. The van der Waals surface area contributed by atoms with Crippen molar-refractivity contribution >= 4 is 11.3 Å². The van der Waals surface area contributed by atoms with Crippen LogP contribution in [0.15, 0.2) is 48.5 Å². The van der Waals surface area contributed by atoms with E-state index in [0.717, 1.165) is 30.3 Å². The predicted molar refractivity (Wildman–Crippen MR) is 91.4 cm³/mol. The molecule has 0 spiro atoms. The Morgan fingerprint density at radius 3 is 3.08 bits per heavy atom. The van der Waals surface area contributed by atoms with Crippen LogP contribution in [-0.4, -0.2) is 37.6 Å². The molecule has 0 aromatic carbocycles. The molecule has 3 aromatic heterocycles. The van der Waals surface area contributed by atoms with Crippen molar-refractivity contribution in [1.29, 1.82) is 0 Å². The van der Waals surface area contributed by atoms with Crippen LogP contribution in [0.5, 0.6) is 0 Å². The third-order valence-electron chi connectivity index (χ3n) is 4.12. The Kier molecular flexibility index (Phi) is 4.64. The monoisotopic (exact) mass is 341 g/mol. The lowest BCUT2D eigenvalue weighted by atomic mass is 10.2. The second kappa shape index (κ2) is 7.21. The predicted octanol–water partition coefficient (Wildman–Crippen LogP) is 2.51. The molecule has 0 amide bonds. The van der Waals surface area contributed by atoms with Crippen molar-refractivity contribution in [2.24, 2.45) is 0 Å². The van der Waals surface area contributed by atoms with Gasteiger partial charge < -0.3 is 9.30 Å². The number of rotatable bonds is 6. The fourth-order valence-corrected chi connectivity index (χ4v) is 3.68. The van der Waals surface area contributed by atoms with Gasteiger partial charge in [0.05, 0.1) is 43.5 Å². The van der Waals surface area contributed by atoms with E-state index >= 15 is 0 Å². The topological polar surface area (TPSA) is 56.1 Å². The highest BCUT2D eigenvalue weighted by molar-refractivity contribution is 7.09. The maximum absolute atomic E-state index is 5.92. The van der Waals surface area contributed by atoms with Gasteiger partial charge in [0, 0.05) is 37.1 Å². The third-order valence-corrected chi connectivity index (χ3v) is 4.89. The average Bonchev–Trinajstić information content (AvgIpc) is 3.27. The number of ether oxygens (including phenoxy) is 1. The Morgan fingerprint density at radius 2 is 2.25 bits per heavy atom. The summed E-state index contributed by atoms with van der Waals surface area (Å²) in [5.41, 5.74) is 2.18. The van der Waals surface area contributed by atoms with Gasteiger partial charge in [-0.05, 0) is 12.1 Å². The van der Waals surface area contributed by atoms with Crippen LogP contribution in [0.25, 0.3) is 0 Å². The SMILES string of the molecule is c1ccc(COCC2CN(Cc3nccs3)Cc3cncn32)nc1. The molecule has 0 N–H and O–H groups in total. The highest BCUT2D eigenvalue weighted by Gasteiger charge is 2.25. The first-order chi connectivity index (χ1) is 11.9. The zero-order valence-corrected chi connectivity index (χ0v) is 14.1. The minimum atomic E-state index is 0.264. The molecule has 1 aliphatic heterocycles. The van der Waals surface area contributed by atoms with Gasteiger partial charge in [-0.25, -0.2) is 9.97 Å². The van der Waals surface area contributed by atoms with Gasteiger partial charge in [-0.3, -0.25) is 9.88 Å². The number of pyridine rings is 1. The number of thiazole rings is 1. The van der Waals surface area contributed by atoms with Crippen molar-refractivity contribution < 1.29 is 4.74 Å². The summed E-state index contributed by atoms with van der Waals surface area (Å²) in [5.74, 6) is 0. The van der Waals surface area contributed by atoms with Crippen LogP contribution in [0, 0.1) is 0 Å². The van der Waals surface area contributed by atoms with E-state index in [9.17, 15) is 0 Å². The zero-order valence-electron chi connectivity index (χ0n) is 13.3. The largest absolute Gasteiger partial charge is 0.373 e. The first-order valence-electron chi connectivity index (χ1n) is 7.97. The molecular weight excluding hydrogens is 322 g/mol. The van der Waals surface area contributed by atoms with Gasteiger partial charge in [0.1, 0.15) is 5.01 Å². The van der Waals surface area contributed by atoms with E-state index in [4.69, 9.17) is 4.74 Å². The fraction of sp³-hybridized carbons (Fsp3) is 0.353. The molecule has 4 heterocycles. The van der Waals surface area contributed by atoms with Crippen molar-refractivity contribution in [3.05, 3.63) is 64.9 Å². The lowest BCUT2D eigenvalue weighted by molar-refractivity contribution is 0.0573. The van der Waals surface area contributed by atoms with Crippen LogP contribution in [0.2, 0.25) is 0 Å². The molecule has 0 bridgehead atoms. The third kappa shape index (κ3) is 3.53. The van der Waals surface area contributed by atoms with Crippen molar-refractivity contribution in [3.63, 3.8) is 0 Å². The first kappa shape index (κ1) is 15.4. The Hall–Kier alpha value is -2.09. The summed E-state index contributed by atoms with van der Waals surface area (Å²) in [6.45, 7) is 3.89. The molecule has 1 atom stereocenters. The number of nitrogens with zero attached hydrogens (tertiary/aromatic N) is 5. The maximum Gasteiger partial charge on any atom is 0.107 e. The van der Waals surface area contributed by atoms with Gasteiger partial charge in [0.2, 0.25) is 0 Å². The summed E-state index contributed by atoms with van der Waals surface area (Å²) in [4.78, 5) is 15.4. The highest BCUT2D eigenvalue weighted by Crippen LogP contribution is 2.23. The van der Waals surface area contributed by atoms with E-state index in [1.807, 2.05) is 42.3 Å². The summed E-state index contributed by atoms with van der Waals surface area (Å²) >= 11 is 1.70. The Bertz CT molecular complexity index is 758. The quantitative estimate of drug-likeness (QED) is 0.689. The van der Waals surface area contributed by atoms with E-state index in [2.05, 4.69) is 24.4 Å². The summed E-state index contributed by atoms with van der Waals surface area (Å²) in [5, 5.41) is 3.17. The maximum atomic E-state index is 5.92. The van der Waals surface area contributed by atoms with Crippen molar-refractivity contribution in [1.82, 2.24) is 24.4 Å². The molecule has 6 nitrogen and oxygen atoms in total. The number of hydrogen-bond donors (Lipinski definition) is 0. The molecular formula is C17H19N5OS. The van der Waals surface area contributed by atoms with E-state index < -0.39 is 0 Å². The molecule has 124 valence electrons. The van der Waals surface area contributed by atoms with Gasteiger partial charge in [-0.15, -0.1) is 11.3 Å². The molecule has 1 unspecified atom stereocenters. The molecule has 0 radical (unpaired) electrons. The first-order valence-corrected chi connectivity index (χ1v) is 8.85. The number of fused-ring (bicyclic) bond motifs is 1. The van der Waals surface area contributed by atoms with Crippen LogP contribution < -0.4 is 0 Å². The minimum Gasteiger partial charge on any atom is -0.373 e. The van der Waals surface area contributed by atoms with Gasteiger partial charge in [0.25, 0.3) is 0 Å². The van der Waals surface area contributed by atoms with E-state index in [1.165, 1.54) is 5.69 Å². The van der Waals surface area contributed by atoms with Gasteiger partial charge >= 0.3 is 0 Å². The van der Waals surface area contributed by atoms with Crippen LogP contribution >= 0.6 is 11.3 Å². The standard InChI is InChI=1S/C17H19N5OS/c1-2-4-19-14(3-1)11-23-12-16-9-21(10-17-20-5-6-24-17)8-15-7-18-13-22(15)16/h1-7,13,16H,8-12H2. The lowest BCUT2D eigenvalue weighted by Crippen LogP contribution is -2.38. The van der Waals surface area contributed by atoms with Crippen LogP contribution in [0.1, 0.15) is 22.4 Å². The zero-order chi connectivity index (χ0) is 16.2. The summed E-state index contributed by atoms with van der Waals surface area (Å²) in [6.07, 6.45) is 7.51. The molecule has 0 saturated carbocycles. The highest BCUT2D eigenvalue weighted by atomic mass is 32.1. The van der Waals surface area contributed by atoms with Crippen LogP contribution in [0.4, 0.5) is 0 Å². The van der Waals surface area contributed by atoms with E-state index in [0.29, 0.717) is 13.2 Å². The number of imidazole rings is 1. The summed E-state index contributed by atoms with van der Waals surface area (Å²) < 4.78 is 8.15. The molecule has 7 heteroatoms. The van der Waals surface area contributed by atoms with Crippen molar-refractivity contribution in [3.8, 4) is 0 Å². The Labute approximate surface area is 144 Å². The van der Waals surface area contributed by atoms with E-state index in [-0.39, 0.29) is 6.04 Å². The fourth-order valence-electron chi connectivity index (χ4n) is 3.02. The molecule has 0 aliphatic carbocycles. The Balaban J connectivity index is 1.40. The van der Waals surface area contributed by atoms with Gasteiger partial charge in [-0.1, -0.05) is 6.07 Å². The second-order valence-electron chi connectivity index (χ2n) is 5.88. The lowest BCUT2D eigenvalue weighted by Gasteiger charge is -2.33.